The molecule has 1 aliphatic carbocycles. The van der Waals surface area contributed by atoms with Crippen LogP contribution in [0.5, 0.6) is 5.75 Å². The van der Waals surface area contributed by atoms with Crippen LogP contribution in [0, 0.1) is 16.0 Å². The topological polar surface area (TPSA) is 107 Å². The lowest BCUT2D eigenvalue weighted by Gasteiger charge is -2.20. The minimum absolute atomic E-state index is 0.131. The molecule has 1 aliphatic rings. The van der Waals surface area contributed by atoms with Crippen LogP contribution < -0.4 is 15.8 Å². The molecular weight excluding hydrogens is 274 g/mol. The number of nitrogens with one attached hydrogen (secondary N) is 1. The zero-order valence-corrected chi connectivity index (χ0v) is 11.9. The van der Waals surface area contributed by atoms with E-state index in [2.05, 4.69) is 5.32 Å². The van der Waals surface area contributed by atoms with Crippen LogP contribution in [-0.2, 0) is 0 Å². The first-order valence-corrected chi connectivity index (χ1v) is 6.94. The van der Waals surface area contributed by atoms with E-state index in [1.807, 2.05) is 0 Å². The molecule has 2 unspecified atom stereocenters. The predicted molar refractivity (Wildman–Crippen MR) is 77.3 cm³/mol. The lowest BCUT2D eigenvalue weighted by atomic mass is 10.1. The highest BCUT2D eigenvalue weighted by Gasteiger charge is 2.30. The molecule has 3 N–H and O–H groups in total. The third-order valence-electron chi connectivity index (χ3n) is 3.82. The smallest absolute Gasteiger partial charge is 0.310 e. The van der Waals surface area contributed by atoms with Crippen molar-refractivity contribution in [2.75, 3.05) is 13.6 Å². The molecule has 1 saturated carbocycles. The van der Waals surface area contributed by atoms with Crippen molar-refractivity contribution in [3.8, 4) is 5.75 Å². The van der Waals surface area contributed by atoms with Crippen LogP contribution in [0.2, 0.25) is 0 Å². The maximum absolute atomic E-state index is 11.6. The van der Waals surface area contributed by atoms with Crippen molar-refractivity contribution < 1.29 is 14.5 Å². The summed E-state index contributed by atoms with van der Waals surface area (Å²) in [5.41, 5.74) is 5.90. The van der Waals surface area contributed by atoms with E-state index in [1.54, 1.807) is 0 Å². The van der Waals surface area contributed by atoms with E-state index in [-0.39, 0.29) is 29.4 Å². The highest BCUT2D eigenvalue weighted by molar-refractivity contribution is 5.94. The van der Waals surface area contributed by atoms with Gasteiger partial charge in [-0.3, -0.25) is 14.9 Å². The lowest BCUT2D eigenvalue weighted by molar-refractivity contribution is -0.386. The number of nitrogens with zero attached hydrogens (tertiary/aromatic N) is 1. The first-order valence-electron chi connectivity index (χ1n) is 6.94. The molecular formula is C14H19N3O4. The molecule has 1 aromatic carbocycles. The van der Waals surface area contributed by atoms with Crippen molar-refractivity contribution in [3.05, 3.63) is 33.9 Å². The quantitative estimate of drug-likeness (QED) is 0.631. The van der Waals surface area contributed by atoms with Gasteiger partial charge in [0.25, 0.3) is 5.91 Å². The molecule has 2 rings (SSSR count). The molecule has 2 atom stereocenters. The maximum Gasteiger partial charge on any atom is 0.310 e. The summed E-state index contributed by atoms with van der Waals surface area (Å²) in [5, 5.41) is 13.6. The monoisotopic (exact) mass is 293 g/mol. The Morgan fingerprint density at radius 2 is 2.29 bits per heavy atom. The largest absolute Gasteiger partial charge is 0.483 e. The number of benzene rings is 1. The fourth-order valence-corrected chi connectivity index (χ4v) is 2.64. The van der Waals surface area contributed by atoms with E-state index in [1.165, 1.54) is 25.2 Å². The number of nitrogens with two attached hydrogens (primary N) is 1. The Morgan fingerprint density at radius 3 is 2.90 bits per heavy atom. The van der Waals surface area contributed by atoms with Gasteiger partial charge < -0.3 is 15.8 Å². The standard InChI is InChI=1S/C14H19N3O4/c1-16-14(18)9-5-6-11(17(19)20)13(7-9)21-12-4-2-3-10(12)8-15/h5-7,10,12H,2-4,8,15H2,1H3,(H,16,18). The zero-order valence-electron chi connectivity index (χ0n) is 11.9. The Hall–Kier alpha value is -2.15. The number of rotatable bonds is 5. The van der Waals surface area contributed by atoms with Crippen molar-refractivity contribution in [1.82, 2.24) is 5.32 Å². The second-order valence-corrected chi connectivity index (χ2v) is 5.10. The number of nitro benzene ring substituents is 1. The van der Waals surface area contributed by atoms with Crippen molar-refractivity contribution in [2.45, 2.75) is 25.4 Å². The Balaban J connectivity index is 2.30. The summed E-state index contributed by atoms with van der Waals surface area (Å²) in [4.78, 5) is 22.2. The SMILES string of the molecule is CNC(=O)c1ccc([N+](=O)[O-])c(OC2CCCC2CN)c1. The van der Waals surface area contributed by atoms with Gasteiger partial charge in [-0.15, -0.1) is 0 Å². The molecule has 21 heavy (non-hydrogen) atoms. The summed E-state index contributed by atoms with van der Waals surface area (Å²) < 4.78 is 5.80. The number of carbonyl (C=O) groups excluding carboxylic acids is 1. The van der Waals surface area contributed by atoms with Crippen LogP contribution in [0.3, 0.4) is 0 Å². The van der Waals surface area contributed by atoms with E-state index in [0.29, 0.717) is 12.1 Å². The molecule has 1 amide bonds. The van der Waals surface area contributed by atoms with Crippen LogP contribution in [0.15, 0.2) is 18.2 Å². The maximum atomic E-state index is 11.6. The van der Waals surface area contributed by atoms with E-state index in [9.17, 15) is 14.9 Å². The molecule has 1 aromatic rings. The predicted octanol–water partition coefficient (Wildman–Crippen LogP) is 1.46. The molecule has 0 aliphatic heterocycles. The third kappa shape index (κ3) is 3.30. The first-order chi connectivity index (χ1) is 10.1. The van der Waals surface area contributed by atoms with Gasteiger partial charge in [0.05, 0.1) is 4.92 Å². The highest BCUT2D eigenvalue weighted by Crippen LogP contribution is 2.34. The average Bonchev–Trinajstić information content (AvgIpc) is 2.93. The first kappa shape index (κ1) is 15.2. The number of carbonyl (C=O) groups is 1. The molecule has 0 radical (unpaired) electrons. The van der Waals surface area contributed by atoms with Gasteiger partial charge in [0.2, 0.25) is 0 Å². The number of ether oxygens (including phenoxy) is 1. The van der Waals surface area contributed by atoms with Gasteiger partial charge in [-0.1, -0.05) is 0 Å². The van der Waals surface area contributed by atoms with Gasteiger partial charge in [0.1, 0.15) is 6.10 Å². The summed E-state index contributed by atoms with van der Waals surface area (Å²) in [6, 6.07) is 4.13. The molecule has 114 valence electrons. The minimum atomic E-state index is -0.505. The lowest BCUT2D eigenvalue weighted by Crippen LogP contribution is -2.28. The van der Waals surface area contributed by atoms with E-state index < -0.39 is 4.92 Å². The van der Waals surface area contributed by atoms with Crippen LogP contribution >= 0.6 is 0 Å². The van der Waals surface area contributed by atoms with Crippen LogP contribution in [-0.4, -0.2) is 30.5 Å². The van der Waals surface area contributed by atoms with Crippen molar-refractivity contribution >= 4 is 11.6 Å². The second kappa shape index (κ2) is 6.53. The van der Waals surface area contributed by atoms with Gasteiger partial charge in [0.15, 0.2) is 5.75 Å². The van der Waals surface area contributed by atoms with Gasteiger partial charge in [-0.05, 0) is 31.9 Å². The van der Waals surface area contributed by atoms with Crippen molar-refractivity contribution in [3.63, 3.8) is 0 Å². The molecule has 7 heteroatoms. The summed E-state index contributed by atoms with van der Waals surface area (Å²) in [7, 11) is 1.51. The van der Waals surface area contributed by atoms with Gasteiger partial charge >= 0.3 is 5.69 Å². The molecule has 1 fully saturated rings. The van der Waals surface area contributed by atoms with Crippen LogP contribution in [0.1, 0.15) is 29.6 Å². The van der Waals surface area contributed by atoms with E-state index >= 15 is 0 Å². The van der Waals surface area contributed by atoms with Gasteiger partial charge in [-0.25, -0.2) is 0 Å². The molecule has 0 aromatic heterocycles. The van der Waals surface area contributed by atoms with Gasteiger partial charge in [0, 0.05) is 30.7 Å². The zero-order chi connectivity index (χ0) is 15.4. The Kier molecular flexibility index (Phi) is 4.74. The molecule has 0 spiro atoms. The molecule has 7 nitrogen and oxygen atoms in total. The number of hydrogen-bond acceptors (Lipinski definition) is 5. The van der Waals surface area contributed by atoms with Crippen LogP contribution in [0.25, 0.3) is 0 Å². The number of hydrogen-bond donors (Lipinski definition) is 2. The summed E-state index contributed by atoms with van der Waals surface area (Å²) in [6.07, 6.45) is 2.65. The third-order valence-corrected chi connectivity index (χ3v) is 3.82. The Labute approximate surface area is 122 Å². The fourth-order valence-electron chi connectivity index (χ4n) is 2.64. The normalized spacial score (nSPS) is 21.0. The second-order valence-electron chi connectivity index (χ2n) is 5.10. The highest BCUT2D eigenvalue weighted by atomic mass is 16.6. The number of amides is 1. The van der Waals surface area contributed by atoms with Crippen LogP contribution in [0.4, 0.5) is 5.69 Å². The fraction of sp³-hybridized carbons (Fsp3) is 0.500. The summed E-state index contributed by atoms with van der Waals surface area (Å²) >= 11 is 0. The summed E-state index contributed by atoms with van der Waals surface area (Å²) in [5.74, 6) is 0.0243. The molecule has 0 saturated heterocycles. The van der Waals surface area contributed by atoms with Gasteiger partial charge in [-0.2, -0.15) is 0 Å². The Bertz CT molecular complexity index is 547. The number of nitro groups is 1. The van der Waals surface area contributed by atoms with Crippen molar-refractivity contribution in [2.24, 2.45) is 11.7 Å². The van der Waals surface area contributed by atoms with E-state index in [4.69, 9.17) is 10.5 Å². The molecule has 0 bridgehead atoms. The average molecular weight is 293 g/mol. The minimum Gasteiger partial charge on any atom is -0.483 e. The Morgan fingerprint density at radius 1 is 1.52 bits per heavy atom. The summed E-state index contributed by atoms with van der Waals surface area (Å²) in [6.45, 7) is 0.494. The van der Waals surface area contributed by atoms with E-state index in [0.717, 1.165) is 19.3 Å². The molecule has 0 heterocycles. The van der Waals surface area contributed by atoms with Crippen molar-refractivity contribution in [1.29, 1.82) is 0 Å².